The molecule has 3 rings (SSSR count). The third-order valence-corrected chi connectivity index (χ3v) is 3.75. The highest BCUT2D eigenvalue weighted by molar-refractivity contribution is 5.84. The van der Waals surface area contributed by atoms with Crippen LogP contribution in [0.2, 0.25) is 0 Å². The first kappa shape index (κ1) is 10.8. The summed E-state index contributed by atoms with van der Waals surface area (Å²) in [6.07, 6.45) is 3.34. The number of aromatic nitrogens is 1. The van der Waals surface area contributed by atoms with E-state index in [1.165, 1.54) is 6.42 Å². The first-order valence-electron chi connectivity index (χ1n) is 6.10. The van der Waals surface area contributed by atoms with Crippen LogP contribution in [0.3, 0.4) is 0 Å². The molecule has 2 aromatic rings. The monoisotopic (exact) mass is 232 g/mol. The zero-order valence-electron chi connectivity index (χ0n) is 10.3. The highest BCUT2D eigenvalue weighted by Gasteiger charge is 2.22. The average Bonchev–Trinajstić information content (AvgIpc) is 2.84. The average molecular weight is 232 g/mol. The molecule has 1 unspecified atom stereocenters. The second-order valence-electron chi connectivity index (χ2n) is 5.09. The smallest absolute Gasteiger partial charge is 0.123 e. The summed E-state index contributed by atoms with van der Waals surface area (Å²) >= 11 is 0. The van der Waals surface area contributed by atoms with Crippen molar-refractivity contribution in [3.63, 3.8) is 0 Å². The third-order valence-electron chi connectivity index (χ3n) is 3.75. The molecule has 0 bridgehead atoms. The van der Waals surface area contributed by atoms with E-state index in [9.17, 15) is 4.39 Å². The van der Waals surface area contributed by atoms with Crippen LogP contribution in [-0.2, 0) is 0 Å². The van der Waals surface area contributed by atoms with Crippen LogP contribution < -0.4 is 0 Å². The number of benzene rings is 1. The topological polar surface area (TPSA) is 8.17 Å². The molecular formula is C14H17FN2. The van der Waals surface area contributed by atoms with Crippen LogP contribution in [0, 0.1) is 12.7 Å². The summed E-state index contributed by atoms with van der Waals surface area (Å²) in [6.45, 7) is 4.28. The van der Waals surface area contributed by atoms with Crippen molar-refractivity contribution in [2.24, 2.45) is 0 Å². The van der Waals surface area contributed by atoms with E-state index < -0.39 is 0 Å². The van der Waals surface area contributed by atoms with Crippen molar-refractivity contribution in [2.45, 2.75) is 19.4 Å². The van der Waals surface area contributed by atoms with E-state index in [4.69, 9.17) is 0 Å². The van der Waals surface area contributed by atoms with Crippen LogP contribution in [0.4, 0.5) is 4.39 Å². The summed E-state index contributed by atoms with van der Waals surface area (Å²) in [6, 6.07) is 5.62. The van der Waals surface area contributed by atoms with Gasteiger partial charge in [-0.1, -0.05) is 0 Å². The molecule has 1 aromatic heterocycles. The van der Waals surface area contributed by atoms with Gasteiger partial charge in [-0.3, -0.25) is 0 Å². The molecule has 1 aliphatic heterocycles. The fourth-order valence-corrected chi connectivity index (χ4v) is 2.84. The summed E-state index contributed by atoms with van der Waals surface area (Å²) in [5, 5.41) is 1.04. The zero-order chi connectivity index (χ0) is 12.0. The van der Waals surface area contributed by atoms with Crippen molar-refractivity contribution >= 4 is 10.9 Å². The van der Waals surface area contributed by atoms with Gasteiger partial charge in [-0.2, -0.15) is 0 Å². The molecule has 1 atom stereocenters. The van der Waals surface area contributed by atoms with E-state index in [2.05, 4.69) is 29.6 Å². The summed E-state index contributed by atoms with van der Waals surface area (Å²) in [5.41, 5.74) is 2.32. The highest BCUT2D eigenvalue weighted by Crippen LogP contribution is 2.29. The number of likely N-dealkylation sites (tertiary alicyclic amines) is 1. The lowest BCUT2D eigenvalue weighted by Crippen LogP contribution is -2.15. The SMILES string of the molecule is Cc1cn(C2CCN(C)C2)c2ccc(F)cc12. The van der Waals surface area contributed by atoms with Gasteiger partial charge in [0.15, 0.2) is 0 Å². The summed E-state index contributed by atoms with van der Waals surface area (Å²) in [4.78, 5) is 2.34. The Hall–Kier alpha value is -1.35. The van der Waals surface area contributed by atoms with Gasteiger partial charge in [0.2, 0.25) is 0 Å². The fraction of sp³-hybridized carbons (Fsp3) is 0.429. The van der Waals surface area contributed by atoms with Gasteiger partial charge in [-0.25, -0.2) is 4.39 Å². The number of likely N-dealkylation sites (N-methyl/N-ethyl adjacent to an activating group) is 1. The van der Waals surface area contributed by atoms with Gasteiger partial charge in [0.05, 0.1) is 0 Å². The quantitative estimate of drug-likeness (QED) is 0.734. The third kappa shape index (κ3) is 1.75. The molecule has 3 heteroatoms. The largest absolute Gasteiger partial charge is 0.343 e. The molecule has 0 radical (unpaired) electrons. The minimum Gasteiger partial charge on any atom is -0.343 e. The molecule has 2 nitrogen and oxygen atoms in total. The predicted molar refractivity (Wildman–Crippen MR) is 67.8 cm³/mol. The van der Waals surface area contributed by atoms with Gasteiger partial charge >= 0.3 is 0 Å². The number of fused-ring (bicyclic) bond motifs is 1. The maximum Gasteiger partial charge on any atom is 0.123 e. The van der Waals surface area contributed by atoms with E-state index in [0.717, 1.165) is 29.6 Å². The van der Waals surface area contributed by atoms with Crippen LogP contribution in [0.1, 0.15) is 18.0 Å². The molecule has 0 spiro atoms. The van der Waals surface area contributed by atoms with E-state index in [0.29, 0.717) is 6.04 Å². The molecule has 17 heavy (non-hydrogen) atoms. The Kier molecular flexibility index (Phi) is 2.44. The number of hydrogen-bond acceptors (Lipinski definition) is 1. The fourth-order valence-electron chi connectivity index (χ4n) is 2.84. The molecule has 0 amide bonds. The van der Waals surface area contributed by atoms with Crippen molar-refractivity contribution < 1.29 is 4.39 Å². The maximum atomic E-state index is 13.2. The predicted octanol–water partition coefficient (Wildman–Crippen LogP) is 2.97. The van der Waals surface area contributed by atoms with Gasteiger partial charge in [-0.15, -0.1) is 0 Å². The molecule has 0 saturated carbocycles. The summed E-state index contributed by atoms with van der Waals surface area (Å²) in [7, 11) is 2.15. The lowest BCUT2D eigenvalue weighted by Gasteiger charge is -2.14. The van der Waals surface area contributed by atoms with Crippen LogP contribution in [0.5, 0.6) is 0 Å². The zero-order valence-corrected chi connectivity index (χ0v) is 10.3. The van der Waals surface area contributed by atoms with Crippen LogP contribution in [0.25, 0.3) is 10.9 Å². The molecular weight excluding hydrogens is 215 g/mol. The lowest BCUT2D eigenvalue weighted by atomic mass is 10.2. The molecule has 1 fully saturated rings. The number of nitrogens with zero attached hydrogens (tertiary/aromatic N) is 2. The molecule has 1 aliphatic rings. The van der Waals surface area contributed by atoms with Crippen LogP contribution in [0.15, 0.2) is 24.4 Å². The number of halogens is 1. The maximum absolute atomic E-state index is 13.2. The first-order valence-corrected chi connectivity index (χ1v) is 6.10. The van der Waals surface area contributed by atoms with Gasteiger partial charge < -0.3 is 9.47 Å². The first-order chi connectivity index (χ1) is 8.15. The summed E-state index contributed by atoms with van der Waals surface area (Å²) < 4.78 is 15.6. The van der Waals surface area contributed by atoms with Crippen molar-refractivity contribution in [3.05, 3.63) is 35.8 Å². The van der Waals surface area contributed by atoms with E-state index >= 15 is 0 Å². The Morgan fingerprint density at radius 3 is 2.88 bits per heavy atom. The highest BCUT2D eigenvalue weighted by atomic mass is 19.1. The second kappa shape index (κ2) is 3.84. The Bertz CT molecular complexity index is 559. The van der Waals surface area contributed by atoms with E-state index in [1.807, 2.05) is 6.07 Å². The number of rotatable bonds is 1. The Labute approximate surface area is 101 Å². The van der Waals surface area contributed by atoms with E-state index in [-0.39, 0.29) is 5.82 Å². The molecule has 0 aliphatic carbocycles. The van der Waals surface area contributed by atoms with Gasteiger partial charge in [0, 0.05) is 29.7 Å². The Balaban J connectivity index is 2.11. The number of hydrogen-bond donors (Lipinski definition) is 0. The molecule has 2 heterocycles. The Morgan fingerprint density at radius 2 is 2.18 bits per heavy atom. The van der Waals surface area contributed by atoms with Crippen molar-refractivity contribution in [3.8, 4) is 0 Å². The Morgan fingerprint density at radius 1 is 1.35 bits per heavy atom. The van der Waals surface area contributed by atoms with Crippen molar-refractivity contribution in [1.82, 2.24) is 9.47 Å². The molecule has 1 saturated heterocycles. The molecule has 0 N–H and O–H groups in total. The molecule has 90 valence electrons. The normalized spacial score (nSPS) is 21.5. The minimum absolute atomic E-state index is 0.151. The lowest BCUT2D eigenvalue weighted by molar-refractivity contribution is 0.395. The van der Waals surface area contributed by atoms with Crippen molar-refractivity contribution in [1.29, 1.82) is 0 Å². The van der Waals surface area contributed by atoms with Gasteiger partial charge in [0.25, 0.3) is 0 Å². The van der Waals surface area contributed by atoms with Crippen LogP contribution >= 0.6 is 0 Å². The van der Waals surface area contributed by atoms with E-state index in [1.54, 1.807) is 12.1 Å². The molecule has 1 aromatic carbocycles. The summed E-state index contributed by atoms with van der Waals surface area (Å²) in [5.74, 6) is -0.151. The second-order valence-corrected chi connectivity index (χ2v) is 5.09. The standard InChI is InChI=1S/C14H17FN2/c1-10-8-17(12-5-6-16(2)9-12)14-4-3-11(15)7-13(10)14/h3-4,7-8,12H,5-6,9H2,1-2H3. The van der Waals surface area contributed by atoms with Gasteiger partial charge in [0.1, 0.15) is 5.82 Å². The number of aryl methyl sites for hydroxylation is 1. The van der Waals surface area contributed by atoms with Crippen LogP contribution in [-0.4, -0.2) is 29.6 Å². The van der Waals surface area contributed by atoms with Gasteiger partial charge in [-0.05, 0) is 50.7 Å². The van der Waals surface area contributed by atoms with Crippen molar-refractivity contribution in [2.75, 3.05) is 20.1 Å². The minimum atomic E-state index is -0.151.